The van der Waals surface area contributed by atoms with E-state index in [4.69, 9.17) is 0 Å². The Hall–Kier alpha value is -1.84. The molecule has 2 aromatic heterocycles. The van der Waals surface area contributed by atoms with Gasteiger partial charge in [0, 0.05) is 18.0 Å². The molecule has 0 aliphatic heterocycles. The van der Waals surface area contributed by atoms with E-state index in [1.165, 1.54) is 6.33 Å². The number of rotatable bonds is 1. The molecule has 0 amide bonds. The Morgan fingerprint density at radius 2 is 2.15 bits per heavy atom. The lowest BCUT2D eigenvalue weighted by Gasteiger charge is -1.97. The second-order valence-corrected chi connectivity index (χ2v) is 2.60. The summed E-state index contributed by atoms with van der Waals surface area (Å²) in [6.07, 6.45) is 4.96. The topological polar surface area (TPSA) is 51.6 Å². The first-order valence-electron chi connectivity index (χ1n) is 3.92. The second kappa shape index (κ2) is 3.26. The fourth-order valence-corrected chi connectivity index (χ4v) is 1.01. The minimum Gasteiger partial charge on any atom is -0.264 e. The molecule has 0 saturated carbocycles. The van der Waals surface area contributed by atoms with E-state index in [0.29, 0.717) is 11.6 Å². The average Bonchev–Trinajstić information content (AvgIpc) is 2.19. The third kappa shape index (κ3) is 1.66. The molecule has 0 spiro atoms. The summed E-state index contributed by atoms with van der Waals surface area (Å²) in [4.78, 5) is 16.1. The van der Waals surface area contributed by atoms with Crippen molar-refractivity contribution in [3.05, 3.63) is 36.7 Å². The highest BCUT2D eigenvalue weighted by atomic mass is 15.0. The quantitative estimate of drug-likeness (QED) is 0.649. The Morgan fingerprint density at radius 1 is 1.23 bits per heavy atom. The van der Waals surface area contributed by atoms with Crippen molar-refractivity contribution in [2.45, 2.75) is 6.92 Å². The van der Waals surface area contributed by atoms with Gasteiger partial charge in [-0.1, -0.05) is 0 Å². The molecule has 13 heavy (non-hydrogen) atoms. The van der Waals surface area contributed by atoms with Gasteiger partial charge in [-0.2, -0.15) is 0 Å². The first-order valence-corrected chi connectivity index (χ1v) is 3.92. The maximum absolute atomic E-state index is 4.18. The normalized spacial score (nSPS) is 9.92. The lowest BCUT2D eigenvalue weighted by molar-refractivity contribution is 0.981. The van der Waals surface area contributed by atoms with Crippen LogP contribution in [-0.2, 0) is 0 Å². The number of aryl methyl sites for hydroxylation is 1. The van der Waals surface area contributed by atoms with Crippen LogP contribution in [0.5, 0.6) is 0 Å². The SMILES string of the molecule is Cc1ncnc(-c2cccnc2)n1. The molecule has 4 nitrogen and oxygen atoms in total. The lowest BCUT2D eigenvalue weighted by atomic mass is 10.3. The molecular formula is C9H8N4. The zero-order valence-electron chi connectivity index (χ0n) is 7.18. The highest BCUT2D eigenvalue weighted by Gasteiger charge is 1.99. The molecule has 0 atom stereocenters. The van der Waals surface area contributed by atoms with Crippen LogP contribution in [-0.4, -0.2) is 19.9 Å². The average molecular weight is 172 g/mol. The number of hydrogen-bond acceptors (Lipinski definition) is 4. The molecule has 0 aliphatic rings. The highest BCUT2D eigenvalue weighted by molar-refractivity contribution is 5.52. The van der Waals surface area contributed by atoms with Gasteiger partial charge in [0.2, 0.25) is 0 Å². The number of hydrogen-bond donors (Lipinski definition) is 0. The molecule has 0 unspecified atom stereocenters. The van der Waals surface area contributed by atoms with Crippen LogP contribution in [0.2, 0.25) is 0 Å². The van der Waals surface area contributed by atoms with Crippen LogP contribution >= 0.6 is 0 Å². The highest BCUT2D eigenvalue weighted by Crippen LogP contribution is 2.10. The summed E-state index contributed by atoms with van der Waals surface area (Å²) in [5.41, 5.74) is 0.910. The molecular weight excluding hydrogens is 164 g/mol. The summed E-state index contributed by atoms with van der Waals surface area (Å²) in [7, 11) is 0. The minimum absolute atomic E-state index is 0.667. The lowest BCUT2D eigenvalue weighted by Crippen LogP contribution is -1.93. The molecule has 0 fully saturated rings. The summed E-state index contributed by atoms with van der Waals surface area (Å²) in [6, 6.07) is 3.77. The van der Waals surface area contributed by atoms with E-state index >= 15 is 0 Å². The zero-order chi connectivity index (χ0) is 9.10. The van der Waals surface area contributed by atoms with Gasteiger partial charge in [0.1, 0.15) is 12.2 Å². The smallest absolute Gasteiger partial charge is 0.164 e. The van der Waals surface area contributed by atoms with Gasteiger partial charge in [-0.3, -0.25) is 4.98 Å². The van der Waals surface area contributed by atoms with E-state index < -0.39 is 0 Å². The van der Waals surface area contributed by atoms with Crippen molar-refractivity contribution in [3.8, 4) is 11.4 Å². The zero-order valence-corrected chi connectivity index (χ0v) is 7.18. The van der Waals surface area contributed by atoms with Gasteiger partial charge >= 0.3 is 0 Å². The van der Waals surface area contributed by atoms with Gasteiger partial charge in [-0.05, 0) is 19.1 Å². The van der Waals surface area contributed by atoms with Crippen LogP contribution in [0.25, 0.3) is 11.4 Å². The van der Waals surface area contributed by atoms with E-state index in [0.717, 1.165) is 5.56 Å². The maximum atomic E-state index is 4.18. The van der Waals surface area contributed by atoms with Crippen molar-refractivity contribution < 1.29 is 0 Å². The van der Waals surface area contributed by atoms with Crippen LogP contribution in [0.4, 0.5) is 0 Å². The Kier molecular flexibility index (Phi) is 1.96. The van der Waals surface area contributed by atoms with Crippen molar-refractivity contribution in [1.82, 2.24) is 19.9 Å². The predicted molar refractivity (Wildman–Crippen MR) is 47.8 cm³/mol. The first-order chi connectivity index (χ1) is 6.36. The van der Waals surface area contributed by atoms with Crippen LogP contribution < -0.4 is 0 Å². The molecule has 4 heteroatoms. The molecule has 0 bridgehead atoms. The third-order valence-electron chi connectivity index (χ3n) is 1.61. The van der Waals surface area contributed by atoms with E-state index in [1.807, 2.05) is 19.1 Å². The van der Waals surface area contributed by atoms with Crippen molar-refractivity contribution >= 4 is 0 Å². The molecule has 0 aromatic carbocycles. The van der Waals surface area contributed by atoms with Crippen molar-refractivity contribution in [2.75, 3.05) is 0 Å². The molecule has 2 aromatic rings. The van der Waals surface area contributed by atoms with Gasteiger partial charge in [0.15, 0.2) is 5.82 Å². The molecule has 0 radical (unpaired) electrons. The van der Waals surface area contributed by atoms with Gasteiger partial charge in [-0.25, -0.2) is 15.0 Å². The van der Waals surface area contributed by atoms with Gasteiger partial charge in [-0.15, -0.1) is 0 Å². The van der Waals surface area contributed by atoms with Crippen LogP contribution in [0.3, 0.4) is 0 Å². The van der Waals surface area contributed by atoms with E-state index in [1.54, 1.807) is 12.4 Å². The molecule has 0 saturated heterocycles. The standard InChI is InChI=1S/C9H8N4/c1-7-11-6-12-9(13-7)8-3-2-4-10-5-8/h2-6H,1H3. The minimum atomic E-state index is 0.667. The monoisotopic (exact) mass is 172 g/mol. The predicted octanol–water partition coefficient (Wildman–Crippen LogP) is 1.24. The Labute approximate surface area is 75.7 Å². The molecule has 0 N–H and O–H groups in total. The van der Waals surface area contributed by atoms with Crippen molar-refractivity contribution in [3.63, 3.8) is 0 Å². The Bertz CT molecular complexity index is 399. The van der Waals surface area contributed by atoms with Crippen molar-refractivity contribution in [1.29, 1.82) is 0 Å². The van der Waals surface area contributed by atoms with Crippen LogP contribution in [0, 0.1) is 6.92 Å². The number of nitrogens with zero attached hydrogens (tertiary/aromatic N) is 4. The third-order valence-corrected chi connectivity index (χ3v) is 1.61. The van der Waals surface area contributed by atoms with Gasteiger partial charge in [0.25, 0.3) is 0 Å². The van der Waals surface area contributed by atoms with E-state index in [-0.39, 0.29) is 0 Å². The second-order valence-electron chi connectivity index (χ2n) is 2.60. The molecule has 2 rings (SSSR count). The fraction of sp³-hybridized carbons (Fsp3) is 0.111. The van der Waals surface area contributed by atoms with E-state index in [2.05, 4.69) is 19.9 Å². The molecule has 2 heterocycles. The molecule has 64 valence electrons. The van der Waals surface area contributed by atoms with Crippen LogP contribution in [0.1, 0.15) is 5.82 Å². The Balaban J connectivity index is 2.48. The first kappa shape index (κ1) is 7.79. The summed E-state index contributed by atoms with van der Waals surface area (Å²) in [5.74, 6) is 1.38. The summed E-state index contributed by atoms with van der Waals surface area (Å²) < 4.78 is 0. The fourth-order valence-electron chi connectivity index (χ4n) is 1.01. The maximum Gasteiger partial charge on any atom is 0.164 e. The largest absolute Gasteiger partial charge is 0.264 e. The molecule has 0 aliphatic carbocycles. The van der Waals surface area contributed by atoms with Gasteiger partial charge in [0.05, 0.1) is 0 Å². The summed E-state index contributed by atoms with van der Waals surface area (Å²) in [6.45, 7) is 1.83. The van der Waals surface area contributed by atoms with Crippen LogP contribution in [0.15, 0.2) is 30.9 Å². The number of pyridine rings is 1. The summed E-state index contributed by atoms with van der Waals surface area (Å²) >= 11 is 0. The summed E-state index contributed by atoms with van der Waals surface area (Å²) in [5, 5.41) is 0. The van der Waals surface area contributed by atoms with E-state index in [9.17, 15) is 0 Å². The van der Waals surface area contributed by atoms with Gasteiger partial charge < -0.3 is 0 Å². The Morgan fingerprint density at radius 3 is 2.85 bits per heavy atom. The number of aromatic nitrogens is 4. The van der Waals surface area contributed by atoms with Crippen molar-refractivity contribution in [2.24, 2.45) is 0 Å².